The van der Waals surface area contributed by atoms with Crippen molar-refractivity contribution < 1.29 is 9.53 Å². The number of nitriles is 1. The SMILES string of the molecule is CC(C)Oc1cccc(NC(=O)/C(C#N)=C/c2cc(-c3ccccc3)n(-c3ccc(Cl)cc3)c2-c2ccccc2)c1. The fraction of sp³-hybridized carbons (Fsp3) is 0.0857. The summed E-state index contributed by atoms with van der Waals surface area (Å²) in [4.78, 5) is 13.3. The lowest BCUT2D eigenvalue weighted by atomic mass is 10.0. The van der Waals surface area contributed by atoms with Gasteiger partial charge >= 0.3 is 0 Å². The minimum Gasteiger partial charge on any atom is -0.491 e. The molecule has 202 valence electrons. The molecule has 0 atom stereocenters. The molecule has 0 aliphatic rings. The number of halogens is 1. The number of carbonyl (C=O) groups is 1. The summed E-state index contributed by atoms with van der Waals surface area (Å²) in [5, 5.41) is 13.6. The van der Waals surface area contributed by atoms with E-state index >= 15 is 0 Å². The van der Waals surface area contributed by atoms with Crippen LogP contribution in [-0.4, -0.2) is 16.6 Å². The molecule has 0 saturated heterocycles. The third-order valence-electron chi connectivity index (χ3n) is 6.36. The van der Waals surface area contributed by atoms with E-state index in [-0.39, 0.29) is 11.7 Å². The zero-order chi connectivity index (χ0) is 28.8. The van der Waals surface area contributed by atoms with E-state index in [1.165, 1.54) is 0 Å². The van der Waals surface area contributed by atoms with Crippen molar-refractivity contribution >= 4 is 29.3 Å². The highest BCUT2D eigenvalue weighted by Gasteiger charge is 2.20. The third kappa shape index (κ3) is 6.41. The zero-order valence-corrected chi connectivity index (χ0v) is 23.5. The van der Waals surface area contributed by atoms with Crippen molar-refractivity contribution in [2.24, 2.45) is 0 Å². The number of hydrogen-bond donors (Lipinski definition) is 1. The molecule has 1 N–H and O–H groups in total. The Balaban J connectivity index is 1.65. The summed E-state index contributed by atoms with van der Waals surface area (Å²) in [5.41, 5.74) is 5.84. The van der Waals surface area contributed by atoms with Crippen LogP contribution in [0, 0.1) is 11.3 Å². The smallest absolute Gasteiger partial charge is 0.266 e. The number of nitrogens with zero attached hydrogens (tertiary/aromatic N) is 2. The van der Waals surface area contributed by atoms with E-state index in [2.05, 4.69) is 16.0 Å². The average Bonchev–Trinajstić information content (AvgIpc) is 3.36. The van der Waals surface area contributed by atoms with E-state index in [9.17, 15) is 10.1 Å². The molecule has 6 heteroatoms. The first kappa shape index (κ1) is 27.5. The molecule has 5 rings (SSSR count). The summed E-state index contributed by atoms with van der Waals surface area (Å²) in [5.74, 6) is 0.132. The Bertz CT molecular complexity index is 1730. The van der Waals surface area contributed by atoms with Crippen molar-refractivity contribution in [3.05, 3.63) is 131 Å². The van der Waals surface area contributed by atoms with Crippen LogP contribution in [0.5, 0.6) is 5.75 Å². The first-order valence-corrected chi connectivity index (χ1v) is 13.6. The number of amides is 1. The highest BCUT2D eigenvalue weighted by Crippen LogP contribution is 2.37. The molecule has 0 aliphatic carbocycles. The third-order valence-corrected chi connectivity index (χ3v) is 6.61. The number of carbonyl (C=O) groups excluding carboxylic acids is 1. The van der Waals surface area contributed by atoms with Crippen LogP contribution in [0.4, 0.5) is 5.69 Å². The van der Waals surface area contributed by atoms with Gasteiger partial charge < -0.3 is 14.6 Å². The summed E-state index contributed by atoms with van der Waals surface area (Å²) >= 11 is 6.23. The molecule has 1 heterocycles. The molecule has 0 unspecified atom stereocenters. The Morgan fingerprint density at radius 2 is 1.54 bits per heavy atom. The van der Waals surface area contributed by atoms with Gasteiger partial charge in [-0.25, -0.2) is 0 Å². The number of rotatable bonds is 8. The Morgan fingerprint density at radius 3 is 2.17 bits per heavy atom. The Kier molecular flexibility index (Phi) is 8.34. The molecule has 0 spiro atoms. The quantitative estimate of drug-likeness (QED) is 0.153. The van der Waals surface area contributed by atoms with Crippen molar-refractivity contribution in [2.45, 2.75) is 20.0 Å². The van der Waals surface area contributed by atoms with Crippen molar-refractivity contribution in [1.29, 1.82) is 5.26 Å². The zero-order valence-electron chi connectivity index (χ0n) is 22.7. The largest absolute Gasteiger partial charge is 0.491 e. The summed E-state index contributed by atoms with van der Waals surface area (Å²) in [6.45, 7) is 3.87. The molecule has 1 amide bonds. The minimum absolute atomic E-state index is 0.00425. The minimum atomic E-state index is -0.506. The molecular weight excluding hydrogens is 530 g/mol. The monoisotopic (exact) mass is 557 g/mol. The second-order valence-electron chi connectivity index (χ2n) is 9.70. The topological polar surface area (TPSA) is 67.0 Å². The molecule has 5 aromatic rings. The van der Waals surface area contributed by atoms with Crippen LogP contribution in [0.25, 0.3) is 34.3 Å². The number of aromatic nitrogens is 1. The molecule has 1 aromatic heterocycles. The molecule has 0 bridgehead atoms. The molecule has 0 fully saturated rings. The van der Waals surface area contributed by atoms with Gasteiger partial charge in [-0.05, 0) is 73.5 Å². The fourth-order valence-electron chi connectivity index (χ4n) is 4.63. The van der Waals surface area contributed by atoms with E-state index in [0.29, 0.717) is 16.5 Å². The van der Waals surface area contributed by atoms with E-state index in [4.69, 9.17) is 16.3 Å². The van der Waals surface area contributed by atoms with Crippen LogP contribution in [-0.2, 0) is 4.79 Å². The van der Waals surface area contributed by atoms with E-state index < -0.39 is 5.91 Å². The maximum absolute atomic E-state index is 13.3. The van der Waals surface area contributed by atoms with Gasteiger partial charge in [0.1, 0.15) is 17.4 Å². The number of ether oxygens (including phenoxy) is 1. The molecule has 0 aliphatic heterocycles. The lowest BCUT2D eigenvalue weighted by Gasteiger charge is -2.15. The van der Waals surface area contributed by atoms with Gasteiger partial charge in [-0.15, -0.1) is 0 Å². The highest BCUT2D eigenvalue weighted by molar-refractivity contribution is 6.30. The first-order valence-electron chi connectivity index (χ1n) is 13.3. The fourth-order valence-corrected chi connectivity index (χ4v) is 4.76. The highest BCUT2D eigenvalue weighted by atomic mass is 35.5. The van der Waals surface area contributed by atoms with E-state index in [0.717, 1.165) is 33.8 Å². The van der Waals surface area contributed by atoms with E-state index in [1.807, 2.05) is 111 Å². The molecule has 4 aromatic carbocycles. The molecule has 5 nitrogen and oxygen atoms in total. The van der Waals surface area contributed by atoms with Crippen LogP contribution >= 0.6 is 11.6 Å². The summed E-state index contributed by atoms with van der Waals surface area (Å²) in [7, 11) is 0. The Labute approximate surface area is 244 Å². The Hall–Kier alpha value is -5.05. The molecule has 0 saturated carbocycles. The number of nitrogens with one attached hydrogen (secondary N) is 1. The predicted octanol–water partition coefficient (Wildman–Crippen LogP) is 8.80. The lowest BCUT2D eigenvalue weighted by Crippen LogP contribution is -2.14. The van der Waals surface area contributed by atoms with Crippen molar-refractivity contribution in [1.82, 2.24) is 4.57 Å². The van der Waals surface area contributed by atoms with Crippen LogP contribution in [0.2, 0.25) is 5.02 Å². The standard InChI is InChI=1S/C35H28ClN3O2/c1-24(2)41-32-15-9-14-30(22-32)38-35(40)28(23-37)20-27-21-33(25-10-5-3-6-11-25)39(31-18-16-29(36)17-19-31)34(27)26-12-7-4-8-13-26/h3-22,24H,1-2H3,(H,38,40)/b28-20+. The van der Waals surface area contributed by atoms with Crippen molar-refractivity contribution in [2.75, 3.05) is 5.32 Å². The summed E-state index contributed by atoms with van der Waals surface area (Å²) in [6.07, 6.45) is 1.64. The maximum Gasteiger partial charge on any atom is 0.266 e. The van der Waals surface area contributed by atoms with Gasteiger partial charge in [-0.1, -0.05) is 78.3 Å². The van der Waals surface area contributed by atoms with Crippen LogP contribution in [0.15, 0.2) is 121 Å². The summed E-state index contributed by atoms with van der Waals surface area (Å²) < 4.78 is 7.88. The van der Waals surface area contributed by atoms with Gasteiger partial charge in [0.25, 0.3) is 5.91 Å². The second-order valence-corrected chi connectivity index (χ2v) is 10.1. The lowest BCUT2D eigenvalue weighted by molar-refractivity contribution is -0.112. The van der Waals surface area contributed by atoms with Crippen molar-refractivity contribution in [3.63, 3.8) is 0 Å². The molecule has 41 heavy (non-hydrogen) atoms. The van der Waals surface area contributed by atoms with Gasteiger partial charge in [-0.3, -0.25) is 4.79 Å². The second kappa shape index (κ2) is 12.4. The van der Waals surface area contributed by atoms with Gasteiger partial charge in [-0.2, -0.15) is 5.26 Å². The van der Waals surface area contributed by atoms with Crippen LogP contribution in [0.3, 0.4) is 0 Å². The first-order chi connectivity index (χ1) is 19.9. The van der Waals surface area contributed by atoms with Crippen LogP contribution in [0.1, 0.15) is 19.4 Å². The van der Waals surface area contributed by atoms with Gasteiger partial charge in [0.15, 0.2) is 0 Å². The number of hydrogen-bond acceptors (Lipinski definition) is 3. The maximum atomic E-state index is 13.3. The molecule has 0 radical (unpaired) electrons. The molecular formula is C35H28ClN3O2. The predicted molar refractivity (Wildman–Crippen MR) is 166 cm³/mol. The average molecular weight is 558 g/mol. The van der Waals surface area contributed by atoms with Gasteiger partial charge in [0, 0.05) is 28.0 Å². The Morgan fingerprint density at radius 1 is 0.878 bits per heavy atom. The normalized spacial score (nSPS) is 11.2. The summed E-state index contributed by atoms with van der Waals surface area (Å²) in [6, 6.07) is 38.8. The van der Waals surface area contributed by atoms with Crippen molar-refractivity contribution in [3.8, 4) is 40.0 Å². The van der Waals surface area contributed by atoms with Crippen LogP contribution < -0.4 is 10.1 Å². The van der Waals surface area contributed by atoms with E-state index in [1.54, 1.807) is 24.3 Å². The van der Waals surface area contributed by atoms with Gasteiger partial charge in [0.05, 0.1) is 17.5 Å². The van der Waals surface area contributed by atoms with Gasteiger partial charge in [0.2, 0.25) is 0 Å². The number of anilines is 1. The number of benzene rings is 4.